The maximum Gasteiger partial charge on any atom is 0.324 e. The molecule has 0 unspecified atom stereocenters. The summed E-state index contributed by atoms with van der Waals surface area (Å²) in [4.78, 5) is 87.1. The molecule has 0 radical (unpaired) electrons. The van der Waals surface area contributed by atoms with Gasteiger partial charge in [-0.2, -0.15) is 0 Å². The summed E-state index contributed by atoms with van der Waals surface area (Å²) < 4.78 is 8.78. The van der Waals surface area contributed by atoms with Gasteiger partial charge in [-0.1, -0.05) is 84.2 Å². The van der Waals surface area contributed by atoms with Crippen molar-refractivity contribution in [2.24, 2.45) is 29.1 Å². The number of benzene rings is 2. The van der Waals surface area contributed by atoms with Gasteiger partial charge < -0.3 is 29.3 Å². The number of likely N-dealkylation sites (N-methyl/N-ethyl adjacent to an activating group) is 1. The molecule has 2 aromatic heterocycles. The lowest BCUT2D eigenvalue weighted by Gasteiger charge is -2.45. The van der Waals surface area contributed by atoms with Gasteiger partial charge in [-0.3, -0.25) is 44.2 Å². The number of esters is 1. The van der Waals surface area contributed by atoms with Crippen molar-refractivity contribution in [3.05, 3.63) is 71.5 Å². The number of anilines is 1. The SMILES string of the molecule is CCn1c(-c2cc(N3CCN4CCCC[C@@H]4C3)cnc2C(C)C)c2c3cc(ccc31)-c1cccc(c1)C[C@H](NC(=O)[C@H](C1CCCC1)N(C)C(=O)[C@H]1CN(C(=O)[C@@H]3N[C@@H]3C3CC3)C[C@H]1C)C(=O)N1CCC[C@H](N1)C(=O)OCC(C)(C)C2. The smallest absolute Gasteiger partial charge is 0.324 e. The first-order valence-electron chi connectivity index (χ1n) is 31.1. The molecule has 12 rings (SSSR count). The second-order valence-electron chi connectivity index (χ2n) is 26.7. The number of nitrogens with one attached hydrogen (secondary N) is 3. The van der Waals surface area contributed by atoms with Crippen molar-refractivity contribution in [3.8, 4) is 22.4 Å². The van der Waals surface area contributed by atoms with Crippen molar-refractivity contribution in [2.45, 2.75) is 174 Å². The Labute approximate surface area is 479 Å². The second-order valence-corrected chi connectivity index (χ2v) is 26.7. The molecular weight excluding hydrogens is 1020 g/mol. The van der Waals surface area contributed by atoms with E-state index in [1.54, 1.807) is 11.9 Å². The predicted octanol–water partition coefficient (Wildman–Crippen LogP) is 7.70. The van der Waals surface area contributed by atoms with E-state index >= 15 is 9.59 Å². The molecule has 2 saturated carbocycles. The van der Waals surface area contributed by atoms with Gasteiger partial charge in [-0.05, 0) is 135 Å². The first kappa shape index (κ1) is 55.7. The van der Waals surface area contributed by atoms with Crippen LogP contribution in [-0.4, -0.2) is 155 Å². The largest absolute Gasteiger partial charge is 0.464 e. The van der Waals surface area contributed by atoms with Crippen molar-refractivity contribution in [1.82, 2.24) is 45.3 Å². The molecule has 8 aliphatic rings. The number of aromatic nitrogens is 2. The van der Waals surface area contributed by atoms with Crippen LogP contribution in [0.2, 0.25) is 0 Å². The molecule has 81 heavy (non-hydrogen) atoms. The van der Waals surface area contributed by atoms with Gasteiger partial charge in [0.25, 0.3) is 5.91 Å². The lowest BCUT2D eigenvalue weighted by Crippen LogP contribution is -2.62. The van der Waals surface area contributed by atoms with Gasteiger partial charge in [0.15, 0.2) is 0 Å². The van der Waals surface area contributed by atoms with Crippen molar-refractivity contribution in [3.63, 3.8) is 0 Å². The fraction of sp³-hybridized carbons (Fsp3) is 0.631. The number of amides is 4. The molecule has 6 aliphatic heterocycles. The van der Waals surface area contributed by atoms with Crippen LogP contribution in [0.1, 0.15) is 135 Å². The first-order chi connectivity index (χ1) is 39.0. The third-order valence-corrected chi connectivity index (χ3v) is 19.8. The highest BCUT2D eigenvalue weighted by Crippen LogP contribution is 2.44. The Kier molecular flexibility index (Phi) is 15.6. The fourth-order valence-electron chi connectivity index (χ4n) is 15.2. The normalized spacial score (nSPS) is 27.7. The quantitative estimate of drug-likeness (QED) is 0.0993. The van der Waals surface area contributed by atoms with Crippen LogP contribution in [0.3, 0.4) is 0 Å². The summed E-state index contributed by atoms with van der Waals surface area (Å²) in [5, 5.41) is 9.28. The average molecular weight is 1110 g/mol. The Morgan fingerprint density at radius 3 is 2.46 bits per heavy atom. The molecule has 4 aromatic rings. The molecule has 434 valence electrons. The summed E-state index contributed by atoms with van der Waals surface area (Å²) in [6.45, 7) is 19.4. The molecule has 8 atom stereocenters. The fourth-order valence-corrected chi connectivity index (χ4v) is 15.2. The van der Waals surface area contributed by atoms with E-state index in [4.69, 9.17) is 9.72 Å². The van der Waals surface area contributed by atoms with Gasteiger partial charge in [0.1, 0.15) is 24.2 Å². The molecule has 2 aliphatic carbocycles. The molecular formula is C65H88N10O6. The van der Waals surface area contributed by atoms with Crippen molar-refractivity contribution in [1.29, 1.82) is 0 Å². The predicted molar refractivity (Wildman–Crippen MR) is 315 cm³/mol. The van der Waals surface area contributed by atoms with E-state index in [9.17, 15) is 14.4 Å². The zero-order valence-corrected chi connectivity index (χ0v) is 49.2. The van der Waals surface area contributed by atoms with Gasteiger partial charge in [-0.25, -0.2) is 5.43 Å². The molecule has 6 bridgehead atoms. The average Bonchev–Trinajstić information content (AvgIpc) is 4.46. The summed E-state index contributed by atoms with van der Waals surface area (Å²) in [5.74, 6) is -1.03. The third kappa shape index (κ3) is 11.3. The number of rotatable bonds is 11. The molecule has 5 saturated heterocycles. The van der Waals surface area contributed by atoms with Gasteiger partial charge in [0.2, 0.25) is 17.7 Å². The number of hydrazine groups is 1. The molecule has 2 aromatic carbocycles. The standard InChI is InChI=1S/C65H88N10O6/c1-8-74-54-24-23-45-31-48(54)50(59(74)49-32-47(34-66-55(49)39(2)3)72-28-27-71-25-12-11-19-46(71)36-72)33-65(5,6)38-81-64(80)52-20-14-26-75(69-52)62(78)53(30-41-15-13-18-44(45)29-41)67-60(76)58(43-16-9-10-17-43)70(7)61(77)51-37-73(35-40(51)4)63(79)57-56(68-57)42-21-22-42/h13,15,18,23-24,29,31-32,34,39-40,42-43,46,51-53,56-58,68-69H,8-12,14,16-17,19-22,25-28,30,33,35-38H2,1-7H3,(H,67,76)/t40-,46-,51+,52+,53+,56-,57-,58+/m1/s1. The van der Waals surface area contributed by atoms with Crippen LogP contribution in [0.25, 0.3) is 33.3 Å². The highest BCUT2D eigenvalue weighted by molar-refractivity contribution is 5.97. The van der Waals surface area contributed by atoms with E-state index in [1.807, 2.05) is 24.0 Å². The zero-order valence-electron chi connectivity index (χ0n) is 49.2. The molecule has 8 heterocycles. The number of likely N-dealkylation sites (tertiary alicyclic amines) is 1. The van der Waals surface area contributed by atoms with Gasteiger partial charge >= 0.3 is 5.97 Å². The van der Waals surface area contributed by atoms with Crippen LogP contribution < -0.4 is 21.0 Å². The number of piperidine rings is 1. The minimum absolute atomic E-state index is 0.0681. The number of pyridine rings is 1. The Bertz CT molecular complexity index is 3050. The van der Waals surface area contributed by atoms with Crippen LogP contribution in [-0.2, 0) is 48.1 Å². The lowest BCUT2D eigenvalue weighted by atomic mass is 9.83. The minimum Gasteiger partial charge on any atom is -0.464 e. The van der Waals surface area contributed by atoms with Gasteiger partial charge in [0, 0.05) is 93.2 Å². The minimum atomic E-state index is -1.02. The molecule has 16 heteroatoms. The van der Waals surface area contributed by atoms with E-state index in [1.165, 1.54) is 36.4 Å². The van der Waals surface area contributed by atoms with Crippen LogP contribution in [0.5, 0.6) is 0 Å². The van der Waals surface area contributed by atoms with Crippen LogP contribution in [0.4, 0.5) is 5.69 Å². The Hall–Kier alpha value is -5.84. The van der Waals surface area contributed by atoms with E-state index in [-0.39, 0.29) is 66.5 Å². The first-order valence-corrected chi connectivity index (χ1v) is 31.1. The molecule has 3 N–H and O–H groups in total. The summed E-state index contributed by atoms with van der Waals surface area (Å²) in [7, 11) is 1.74. The molecule has 16 nitrogen and oxygen atoms in total. The van der Waals surface area contributed by atoms with E-state index < -0.39 is 35.4 Å². The Morgan fingerprint density at radius 1 is 0.889 bits per heavy atom. The number of carbonyl (C=O) groups excluding carboxylic acids is 5. The Morgan fingerprint density at radius 2 is 1.68 bits per heavy atom. The number of piperazine rings is 1. The van der Waals surface area contributed by atoms with Crippen LogP contribution in [0, 0.1) is 29.1 Å². The highest BCUT2D eigenvalue weighted by atomic mass is 16.5. The Balaban J connectivity index is 0.882. The maximum absolute atomic E-state index is 15.2. The van der Waals surface area contributed by atoms with E-state index in [2.05, 4.69) is 108 Å². The molecule has 7 fully saturated rings. The van der Waals surface area contributed by atoms with Crippen molar-refractivity contribution < 1.29 is 28.7 Å². The second kappa shape index (κ2) is 22.7. The number of ether oxygens (including phenoxy) is 1. The monoisotopic (exact) mass is 1100 g/mol. The van der Waals surface area contributed by atoms with Crippen molar-refractivity contribution >= 4 is 46.2 Å². The number of hydrogen-bond acceptors (Lipinski definition) is 11. The summed E-state index contributed by atoms with van der Waals surface area (Å²) in [5.41, 5.74) is 12.5. The van der Waals surface area contributed by atoms with Gasteiger partial charge in [0.05, 0.1) is 35.8 Å². The summed E-state index contributed by atoms with van der Waals surface area (Å²) >= 11 is 0. The summed E-state index contributed by atoms with van der Waals surface area (Å²) in [6, 6.07) is 15.5. The lowest BCUT2D eigenvalue weighted by molar-refractivity contribution is -0.155. The number of hydrogen-bond donors (Lipinski definition) is 3. The van der Waals surface area contributed by atoms with E-state index in [0.29, 0.717) is 50.9 Å². The van der Waals surface area contributed by atoms with Crippen LogP contribution in [0.15, 0.2) is 54.7 Å². The highest BCUT2D eigenvalue weighted by Gasteiger charge is 2.54. The number of fused-ring (bicyclic) bond motifs is 7. The van der Waals surface area contributed by atoms with Gasteiger partial charge in [-0.15, -0.1) is 0 Å². The zero-order chi connectivity index (χ0) is 56.4. The number of aryl methyl sites for hydroxylation is 1. The molecule has 4 amide bonds. The number of nitrogens with zero attached hydrogens (tertiary/aromatic N) is 7. The summed E-state index contributed by atoms with van der Waals surface area (Å²) in [6.07, 6.45) is 13.6. The third-order valence-electron chi connectivity index (χ3n) is 19.8. The van der Waals surface area contributed by atoms with Crippen molar-refractivity contribution in [2.75, 3.05) is 64.4 Å². The van der Waals surface area contributed by atoms with Crippen LogP contribution >= 0.6 is 0 Å². The maximum atomic E-state index is 15.2. The number of cyclic esters (lactones) is 1. The number of carbonyl (C=O) groups is 5. The molecule has 0 spiro atoms. The topological polar surface area (TPSA) is 175 Å². The van der Waals surface area contributed by atoms with E-state index in [0.717, 1.165) is 115 Å².